The molecule has 3 heteroatoms. The summed E-state index contributed by atoms with van der Waals surface area (Å²) >= 11 is 0. The fraction of sp³-hybridized carbons (Fsp3) is 0.200. The maximum absolute atomic E-state index is 9.49. The van der Waals surface area contributed by atoms with E-state index < -0.39 is 0 Å². The molecule has 0 saturated carbocycles. The molecule has 0 aliphatic carbocycles. The van der Waals surface area contributed by atoms with E-state index in [2.05, 4.69) is 17.0 Å². The van der Waals surface area contributed by atoms with Crippen LogP contribution in [0.5, 0.6) is 11.5 Å². The predicted octanol–water partition coefficient (Wildman–Crippen LogP) is 2.61. The molecule has 18 heavy (non-hydrogen) atoms. The van der Waals surface area contributed by atoms with Crippen LogP contribution in [0.1, 0.15) is 16.7 Å². The summed E-state index contributed by atoms with van der Waals surface area (Å²) in [7, 11) is 0. The van der Waals surface area contributed by atoms with Gasteiger partial charge in [0, 0.05) is 19.6 Å². The Morgan fingerprint density at radius 1 is 0.889 bits per heavy atom. The predicted molar refractivity (Wildman–Crippen MR) is 69.2 cm³/mol. The Bertz CT molecular complexity index is 535. The summed E-state index contributed by atoms with van der Waals surface area (Å²) < 4.78 is 0. The van der Waals surface area contributed by atoms with E-state index in [1.807, 2.05) is 18.2 Å². The first-order valence-electron chi connectivity index (χ1n) is 6.02. The van der Waals surface area contributed by atoms with Crippen molar-refractivity contribution in [3.63, 3.8) is 0 Å². The average molecular weight is 241 g/mol. The zero-order chi connectivity index (χ0) is 12.5. The maximum atomic E-state index is 9.49. The highest BCUT2D eigenvalue weighted by molar-refractivity contribution is 5.47. The number of benzene rings is 2. The van der Waals surface area contributed by atoms with Crippen LogP contribution in [0.25, 0.3) is 0 Å². The molecule has 2 aromatic rings. The average Bonchev–Trinajstić information content (AvgIpc) is 2.72. The van der Waals surface area contributed by atoms with Crippen LogP contribution < -0.4 is 0 Å². The third kappa shape index (κ3) is 2.05. The van der Waals surface area contributed by atoms with E-state index in [4.69, 9.17) is 0 Å². The number of fused-ring (bicyclic) bond motifs is 1. The summed E-state index contributed by atoms with van der Waals surface area (Å²) in [6.45, 7) is 2.52. The van der Waals surface area contributed by atoms with Crippen LogP contribution in [0.15, 0.2) is 42.5 Å². The molecular weight excluding hydrogens is 226 g/mol. The number of hydrogen-bond acceptors (Lipinski definition) is 3. The molecule has 1 heterocycles. The minimum Gasteiger partial charge on any atom is -0.504 e. The second kappa shape index (κ2) is 4.35. The monoisotopic (exact) mass is 241 g/mol. The van der Waals surface area contributed by atoms with Crippen molar-refractivity contribution >= 4 is 0 Å². The second-order valence-electron chi connectivity index (χ2n) is 4.74. The van der Waals surface area contributed by atoms with E-state index in [0.29, 0.717) is 0 Å². The lowest BCUT2D eigenvalue weighted by atomic mass is 10.1. The fourth-order valence-corrected chi connectivity index (χ4v) is 2.45. The Morgan fingerprint density at radius 3 is 2.00 bits per heavy atom. The smallest absolute Gasteiger partial charge is 0.157 e. The second-order valence-corrected chi connectivity index (χ2v) is 4.74. The molecule has 0 aromatic heterocycles. The maximum Gasteiger partial charge on any atom is 0.157 e. The number of hydrogen-bond donors (Lipinski definition) is 2. The summed E-state index contributed by atoms with van der Waals surface area (Å²) in [5, 5.41) is 19.0. The van der Waals surface area contributed by atoms with Crippen molar-refractivity contribution in [3.8, 4) is 11.5 Å². The lowest BCUT2D eigenvalue weighted by Gasteiger charge is -2.14. The van der Waals surface area contributed by atoms with Crippen LogP contribution in [0.4, 0.5) is 0 Å². The van der Waals surface area contributed by atoms with E-state index in [1.165, 1.54) is 5.56 Å². The molecule has 0 fully saturated rings. The molecule has 0 unspecified atom stereocenters. The molecular formula is C15H15NO2. The van der Waals surface area contributed by atoms with Gasteiger partial charge in [0.25, 0.3) is 0 Å². The van der Waals surface area contributed by atoms with Crippen LogP contribution >= 0.6 is 0 Å². The third-order valence-electron chi connectivity index (χ3n) is 3.33. The Morgan fingerprint density at radius 2 is 1.44 bits per heavy atom. The van der Waals surface area contributed by atoms with E-state index in [-0.39, 0.29) is 11.5 Å². The number of aromatic hydroxyl groups is 2. The van der Waals surface area contributed by atoms with Gasteiger partial charge in [0.1, 0.15) is 0 Å². The lowest BCUT2D eigenvalue weighted by Crippen LogP contribution is -2.15. The molecule has 0 radical (unpaired) electrons. The zero-order valence-corrected chi connectivity index (χ0v) is 10.0. The third-order valence-corrected chi connectivity index (χ3v) is 3.33. The largest absolute Gasteiger partial charge is 0.504 e. The lowest BCUT2D eigenvalue weighted by molar-refractivity contribution is 0.275. The van der Waals surface area contributed by atoms with Gasteiger partial charge in [0.05, 0.1) is 0 Å². The van der Waals surface area contributed by atoms with Crippen LogP contribution in [0.3, 0.4) is 0 Å². The van der Waals surface area contributed by atoms with Crippen molar-refractivity contribution in [2.24, 2.45) is 0 Å². The Hall–Kier alpha value is -2.00. The molecule has 3 nitrogen and oxygen atoms in total. The normalized spacial score (nSPS) is 14.7. The van der Waals surface area contributed by atoms with Crippen molar-refractivity contribution in [3.05, 3.63) is 59.2 Å². The van der Waals surface area contributed by atoms with Gasteiger partial charge >= 0.3 is 0 Å². The summed E-state index contributed by atoms with van der Waals surface area (Å²) in [5.41, 5.74) is 3.47. The van der Waals surface area contributed by atoms with E-state index in [1.54, 1.807) is 12.1 Å². The fourth-order valence-electron chi connectivity index (χ4n) is 2.45. The first-order chi connectivity index (χ1) is 8.72. The molecule has 92 valence electrons. The zero-order valence-electron chi connectivity index (χ0n) is 10.0. The highest BCUT2D eigenvalue weighted by atomic mass is 16.3. The minimum absolute atomic E-state index is 0.0321. The molecule has 0 spiro atoms. The Kier molecular flexibility index (Phi) is 2.68. The molecule has 3 rings (SSSR count). The van der Waals surface area contributed by atoms with E-state index in [9.17, 15) is 10.2 Å². The Balaban J connectivity index is 1.77. The van der Waals surface area contributed by atoms with Crippen molar-refractivity contribution in [1.82, 2.24) is 4.90 Å². The van der Waals surface area contributed by atoms with Crippen molar-refractivity contribution in [2.75, 3.05) is 0 Å². The Labute approximate surface area is 106 Å². The first-order valence-corrected chi connectivity index (χ1v) is 6.02. The van der Waals surface area contributed by atoms with Gasteiger partial charge in [-0.2, -0.15) is 0 Å². The summed E-state index contributed by atoms with van der Waals surface area (Å²) in [6, 6.07) is 13.6. The molecule has 0 bridgehead atoms. The van der Waals surface area contributed by atoms with Gasteiger partial charge in [-0.15, -0.1) is 0 Å². The highest BCUT2D eigenvalue weighted by Gasteiger charge is 2.20. The summed E-state index contributed by atoms with van der Waals surface area (Å²) in [6.07, 6.45) is 0. The highest BCUT2D eigenvalue weighted by Crippen LogP contribution is 2.33. The van der Waals surface area contributed by atoms with Crippen LogP contribution in [-0.4, -0.2) is 15.1 Å². The van der Waals surface area contributed by atoms with Gasteiger partial charge in [-0.1, -0.05) is 30.3 Å². The SMILES string of the molecule is Oc1cc2c(cc1O)CN(Cc1ccccc1)C2. The van der Waals surface area contributed by atoms with Crippen LogP contribution in [-0.2, 0) is 19.6 Å². The van der Waals surface area contributed by atoms with Gasteiger partial charge in [0.15, 0.2) is 11.5 Å². The van der Waals surface area contributed by atoms with Gasteiger partial charge in [0.2, 0.25) is 0 Å². The quantitative estimate of drug-likeness (QED) is 0.794. The number of rotatable bonds is 2. The van der Waals surface area contributed by atoms with Crippen molar-refractivity contribution in [1.29, 1.82) is 0 Å². The van der Waals surface area contributed by atoms with Gasteiger partial charge < -0.3 is 10.2 Å². The molecule has 0 atom stereocenters. The topological polar surface area (TPSA) is 43.7 Å². The molecule has 2 N–H and O–H groups in total. The summed E-state index contributed by atoms with van der Waals surface area (Å²) in [4.78, 5) is 2.29. The number of nitrogens with zero attached hydrogens (tertiary/aromatic N) is 1. The van der Waals surface area contributed by atoms with Gasteiger partial charge in [-0.05, 0) is 28.8 Å². The van der Waals surface area contributed by atoms with E-state index >= 15 is 0 Å². The van der Waals surface area contributed by atoms with Crippen molar-refractivity contribution in [2.45, 2.75) is 19.6 Å². The molecule has 0 saturated heterocycles. The van der Waals surface area contributed by atoms with Gasteiger partial charge in [-0.25, -0.2) is 0 Å². The van der Waals surface area contributed by atoms with Crippen LogP contribution in [0.2, 0.25) is 0 Å². The number of phenolic OH excluding ortho intramolecular Hbond substituents is 2. The summed E-state index contributed by atoms with van der Waals surface area (Å²) in [5.74, 6) is -0.0642. The van der Waals surface area contributed by atoms with E-state index in [0.717, 1.165) is 30.8 Å². The first kappa shape index (κ1) is 11.1. The molecule has 2 aromatic carbocycles. The van der Waals surface area contributed by atoms with Crippen molar-refractivity contribution < 1.29 is 10.2 Å². The number of phenols is 2. The molecule has 1 aliphatic heterocycles. The van der Waals surface area contributed by atoms with Crippen LogP contribution in [0, 0.1) is 0 Å². The standard InChI is InChI=1S/C15H15NO2/c17-14-6-12-9-16(10-13(12)7-15(14)18)8-11-4-2-1-3-5-11/h1-7,17-18H,8-10H2. The minimum atomic E-state index is -0.0321. The molecule has 1 aliphatic rings. The molecule has 0 amide bonds. The van der Waals surface area contributed by atoms with Gasteiger partial charge in [-0.3, -0.25) is 4.90 Å².